The molecule has 6 heterocycles. The number of aliphatic carboxylic acids is 1. The fourth-order valence-electron chi connectivity index (χ4n) is 8.93. The monoisotopic (exact) mass is 1010 g/mol. The topological polar surface area (TPSA) is 314 Å². The number of rotatable bonds is 9. The van der Waals surface area contributed by atoms with Crippen LogP contribution >= 0.6 is 0 Å². The summed E-state index contributed by atoms with van der Waals surface area (Å²) in [6, 6.07) is 10.1. The molecule has 9 rings (SSSR count). The van der Waals surface area contributed by atoms with Crippen molar-refractivity contribution in [3.8, 4) is 0 Å². The maximum absolute atomic E-state index is 13.7. The number of nitrogens with zero attached hydrogens (tertiary/aromatic N) is 3. The van der Waals surface area contributed by atoms with Gasteiger partial charge in [0.1, 0.15) is 29.5 Å². The highest BCUT2D eigenvalue weighted by Gasteiger charge is 2.48. The molecule has 3 unspecified atom stereocenters. The smallest absolute Gasteiger partial charge is 0.306 e. The molecular weight excluding hydrogens is 960 g/mol. The van der Waals surface area contributed by atoms with Crippen molar-refractivity contribution in [3.05, 3.63) is 105 Å². The van der Waals surface area contributed by atoms with Crippen LogP contribution in [0, 0.1) is 5.82 Å². The largest absolute Gasteiger partial charge is 0.481 e. The number of hydrogen-bond donors (Lipinski definition) is 4. The number of carbonyl (C=O) groups excluding carboxylic acids is 13. The van der Waals surface area contributed by atoms with Gasteiger partial charge in [-0.15, -0.1) is 0 Å². The van der Waals surface area contributed by atoms with Crippen molar-refractivity contribution in [2.24, 2.45) is 0 Å². The third-order valence-corrected chi connectivity index (χ3v) is 12.2. The molecule has 6 aliphatic rings. The predicted molar refractivity (Wildman–Crippen MR) is 246 cm³/mol. The molecule has 0 saturated carbocycles. The van der Waals surface area contributed by atoms with Crippen LogP contribution in [0.3, 0.4) is 0 Å². The van der Waals surface area contributed by atoms with Gasteiger partial charge in [0, 0.05) is 32.1 Å². The zero-order chi connectivity index (χ0) is 52.5. The van der Waals surface area contributed by atoms with Gasteiger partial charge in [-0.05, 0) is 88.3 Å². The molecule has 0 radical (unpaired) electrons. The number of fused-ring (bicyclic) bond motifs is 3. The summed E-state index contributed by atoms with van der Waals surface area (Å²) in [5.74, 6) is -9.44. The molecule has 3 aromatic rings. The zero-order valence-corrected chi connectivity index (χ0v) is 38.8. The van der Waals surface area contributed by atoms with Gasteiger partial charge in [-0.2, -0.15) is 0 Å². The van der Waals surface area contributed by atoms with E-state index in [2.05, 4.69) is 16.0 Å². The maximum atomic E-state index is 13.7. The highest BCUT2D eigenvalue weighted by molar-refractivity contribution is 6.26. The molecule has 4 N–H and O–H groups in total. The van der Waals surface area contributed by atoms with Gasteiger partial charge in [0.25, 0.3) is 35.4 Å². The second-order valence-corrected chi connectivity index (χ2v) is 18.2. The number of amides is 12. The highest BCUT2D eigenvalue weighted by Crippen LogP contribution is 2.33. The molecule has 3 atom stereocenters. The Kier molecular flexibility index (Phi) is 15.7. The van der Waals surface area contributed by atoms with Crippen molar-refractivity contribution in [2.45, 2.75) is 116 Å². The number of carbonyl (C=O) groups is 14. The number of nitrogens with one attached hydrogen (secondary N) is 3. The molecule has 3 saturated heterocycles. The lowest BCUT2D eigenvalue weighted by Gasteiger charge is -2.27. The minimum absolute atomic E-state index is 0. The molecule has 0 spiro atoms. The summed E-state index contributed by atoms with van der Waals surface area (Å²) in [7, 11) is 0. The van der Waals surface area contributed by atoms with E-state index >= 15 is 0 Å². The zero-order valence-electron chi connectivity index (χ0n) is 38.8. The first kappa shape index (κ1) is 53.7. The molecule has 382 valence electrons. The van der Waals surface area contributed by atoms with Gasteiger partial charge in [0.15, 0.2) is 0 Å². The summed E-state index contributed by atoms with van der Waals surface area (Å²) in [6.07, 6.45) is 0.629. The number of aryl methyl sites for hydroxylation is 2. The Balaban J connectivity index is 0.000000180. The Morgan fingerprint density at radius 2 is 0.890 bits per heavy atom. The standard InChI is InChI=1S/C20H22N2O6.C16H14N2O6.C13H9FN2O4.CH4/c1-20(2,3)28-15(24)10-7-11-5-4-6-12-16(11)19(27)22(18(12)26)13-8-9-14(23)21-17(13)25;19-11-6-5-10(14(22)17-11)18-15(23)9-3-1-2-8(4-7-12(20)21)13(9)16(18)24;14-7-3-1-2-6-10(7)13(20)16(12(6)19)8-4-5-9(17)15-11(8)18;/h4-6,13H,7-10H2,1-3H3,(H,21,23,25);1-3,10H,4-7H2,(H,20,21)(H,17,19,22);1-3,8H,4-5H2,(H,15,17,18);1H4. The van der Waals surface area contributed by atoms with E-state index in [-0.39, 0.29) is 105 Å². The Morgan fingerprint density at radius 3 is 1.23 bits per heavy atom. The van der Waals surface area contributed by atoms with Crippen LogP contribution in [0.2, 0.25) is 0 Å². The average Bonchev–Trinajstić information content (AvgIpc) is 3.83. The molecular formula is C50H49FN6O16. The number of halogens is 1. The number of ether oxygens (including phenoxy) is 1. The Bertz CT molecular complexity index is 2960. The van der Waals surface area contributed by atoms with Crippen molar-refractivity contribution in [2.75, 3.05) is 0 Å². The number of imide groups is 6. The number of hydrogen-bond acceptors (Lipinski definition) is 15. The van der Waals surface area contributed by atoms with Crippen molar-refractivity contribution in [1.29, 1.82) is 0 Å². The first-order valence-corrected chi connectivity index (χ1v) is 22.6. The van der Waals surface area contributed by atoms with Crippen LogP contribution in [0.1, 0.15) is 153 Å². The second kappa shape index (κ2) is 21.4. The Labute approximate surface area is 414 Å². The summed E-state index contributed by atoms with van der Waals surface area (Å²) in [4.78, 5) is 170. The third-order valence-electron chi connectivity index (χ3n) is 12.2. The van der Waals surface area contributed by atoms with Crippen LogP contribution in [0.4, 0.5) is 4.39 Å². The summed E-state index contributed by atoms with van der Waals surface area (Å²) >= 11 is 0. The number of carboxylic acid groups (broad SMARTS) is 1. The Hall–Kier alpha value is -8.63. The van der Waals surface area contributed by atoms with Crippen LogP contribution in [0.5, 0.6) is 0 Å². The van der Waals surface area contributed by atoms with E-state index < -0.39 is 112 Å². The van der Waals surface area contributed by atoms with E-state index in [1.165, 1.54) is 24.3 Å². The van der Waals surface area contributed by atoms with E-state index in [9.17, 15) is 71.5 Å². The van der Waals surface area contributed by atoms with E-state index in [0.717, 1.165) is 20.8 Å². The first-order valence-electron chi connectivity index (χ1n) is 22.6. The lowest BCUT2D eigenvalue weighted by atomic mass is 9.99. The summed E-state index contributed by atoms with van der Waals surface area (Å²) in [5.41, 5.74) is 0.754. The molecule has 6 aliphatic heterocycles. The normalized spacial score (nSPS) is 20.2. The predicted octanol–water partition coefficient (Wildman–Crippen LogP) is 2.33. The minimum Gasteiger partial charge on any atom is -0.481 e. The fourth-order valence-corrected chi connectivity index (χ4v) is 8.93. The SMILES string of the molecule is C.CC(C)(C)OC(=O)CCc1cccc2c1C(=O)N(C1CCC(=O)NC1=O)C2=O.O=C(O)CCc1cccc2c1C(=O)N(C1CCC(=O)NC1=O)C2=O.O=C1CCC(N2C(=O)c3cccc(F)c3C2=O)C(=O)N1. The number of esters is 1. The second-order valence-electron chi connectivity index (χ2n) is 18.2. The molecule has 0 aliphatic carbocycles. The van der Waals surface area contributed by atoms with E-state index in [4.69, 9.17) is 9.84 Å². The van der Waals surface area contributed by atoms with Crippen molar-refractivity contribution < 1.29 is 81.4 Å². The van der Waals surface area contributed by atoms with Gasteiger partial charge in [-0.25, -0.2) is 4.39 Å². The molecule has 73 heavy (non-hydrogen) atoms. The minimum atomic E-state index is -1.07. The molecule has 23 heteroatoms. The number of carboxylic acids is 1. The van der Waals surface area contributed by atoms with Gasteiger partial charge in [-0.3, -0.25) is 97.8 Å². The number of benzene rings is 3. The van der Waals surface area contributed by atoms with Crippen molar-refractivity contribution in [3.63, 3.8) is 0 Å². The van der Waals surface area contributed by atoms with Crippen LogP contribution in [-0.4, -0.2) is 126 Å². The molecule has 22 nitrogen and oxygen atoms in total. The van der Waals surface area contributed by atoms with Crippen molar-refractivity contribution >= 4 is 82.8 Å². The lowest BCUT2D eigenvalue weighted by molar-refractivity contribution is -0.155. The number of piperidine rings is 3. The molecule has 3 fully saturated rings. The van der Waals surface area contributed by atoms with Crippen LogP contribution in [0.15, 0.2) is 54.6 Å². The van der Waals surface area contributed by atoms with Gasteiger partial charge >= 0.3 is 11.9 Å². The van der Waals surface area contributed by atoms with Gasteiger partial charge in [0.05, 0.1) is 33.4 Å². The third kappa shape index (κ3) is 11.0. The maximum Gasteiger partial charge on any atom is 0.306 e. The summed E-state index contributed by atoms with van der Waals surface area (Å²) in [5, 5.41) is 15.2. The average molecular weight is 1010 g/mol. The molecule has 0 aromatic heterocycles. The molecule has 0 bridgehead atoms. The summed E-state index contributed by atoms with van der Waals surface area (Å²) < 4.78 is 18.9. The van der Waals surface area contributed by atoms with Gasteiger partial charge < -0.3 is 9.84 Å². The van der Waals surface area contributed by atoms with E-state index in [1.807, 2.05) is 0 Å². The van der Waals surface area contributed by atoms with E-state index in [1.54, 1.807) is 45.0 Å². The lowest BCUT2D eigenvalue weighted by Crippen LogP contribution is -2.54. The fraction of sp³-hybridized carbons (Fsp3) is 0.360. The quantitative estimate of drug-likeness (QED) is 0.177. The highest BCUT2D eigenvalue weighted by atomic mass is 19.1. The molecule has 12 amide bonds. The summed E-state index contributed by atoms with van der Waals surface area (Å²) in [6.45, 7) is 5.31. The van der Waals surface area contributed by atoms with Gasteiger partial charge in [0.2, 0.25) is 35.4 Å². The van der Waals surface area contributed by atoms with Crippen LogP contribution in [0.25, 0.3) is 0 Å². The van der Waals surface area contributed by atoms with Gasteiger partial charge in [-0.1, -0.05) is 37.8 Å². The van der Waals surface area contributed by atoms with Crippen molar-refractivity contribution in [1.82, 2.24) is 30.7 Å². The van der Waals surface area contributed by atoms with Crippen LogP contribution in [-0.2, 0) is 55.9 Å². The Morgan fingerprint density at radius 1 is 0.548 bits per heavy atom. The first-order chi connectivity index (χ1) is 34.0. The molecule has 3 aromatic carbocycles. The van der Waals surface area contributed by atoms with Crippen LogP contribution < -0.4 is 16.0 Å². The van der Waals surface area contributed by atoms with E-state index in [0.29, 0.717) is 11.1 Å².